The molecule has 0 N–H and O–H groups in total. The fourth-order valence-electron chi connectivity index (χ4n) is 14.1. The second-order valence-corrected chi connectivity index (χ2v) is 26.4. The summed E-state index contributed by atoms with van der Waals surface area (Å²) in [6, 6.07) is 89.0. The van der Waals surface area contributed by atoms with Crippen molar-refractivity contribution < 1.29 is 4.42 Å². The first-order chi connectivity index (χ1) is 44.9. The predicted octanol–water partition coefficient (Wildman–Crippen LogP) is 9.73. The predicted molar refractivity (Wildman–Crippen MR) is 398 cm³/mol. The van der Waals surface area contributed by atoms with E-state index in [-0.39, 0.29) is 54.6 Å². The van der Waals surface area contributed by atoms with E-state index in [1.165, 1.54) is 0 Å². The van der Waals surface area contributed by atoms with E-state index in [9.17, 15) is 0 Å². The minimum Gasteiger partial charge on any atom is -0.455 e. The molecule has 13 aromatic carbocycles. The van der Waals surface area contributed by atoms with Gasteiger partial charge in [-0.1, -0.05) is 192 Å². The third-order valence-electron chi connectivity index (χ3n) is 18.4. The maximum atomic E-state index is 7.39. The summed E-state index contributed by atoms with van der Waals surface area (Å²) in [5.74, 6) is 0. The number of nitrogens with zero attached hydrogens (tertiary/aromatic N) is 2. The largest absolute Gasteiger partial charge is 0.455 e. The molecule has 0 aliphatic heterocycles. The normalized spacial score (nSPS) is 12.1. The van der Waals surface area contributed by atoms with Gasteiger partial charge in [0, 0.05) is 79.8 Å². The lowest BCUT2D eigenvalue weighted by molar-refractivity contribution is 0.670. The molecule has 0 spiro atoms. The van der Waals surface area contributed by atoms with Crippen molar-refractivity contribution in [2.75, 3.05) is 0 Å². The zero-order valence-corrected chi connectivity index (χ0v) is 50.5. The van der Waals surface area contributed by atoms with E-state index >= 15 is 0 Å². The van der Waals surface area contributed by atoms with Crippen molar-refractivity contribution in [3.63, 3.8) is 0 Å². The maximum absolute atomic E-state index is 7.39. The average molecular weight is 1160 g/mol. The minimum absolute atomic E-state index is 0.0664. The zero-order chi connectivity index (χ0) is 62.8. The molecule has 406 valence electrons. The molecule has 16 aromatic rings. The van der Waals surface area contributed by atoms with Gasteiger partial charge in [0.15, 0.2) is 0 Å². The lowest BCUT2D eigenvalue weighted by atomic mass is 9.58. The zero-order valence-electron chi connectivity index (χ0n) is 49.7. The van der Waals surface area contributed by atoms with Crippen molar-refractivity contribution in [3.8, 4) is 55.9 Å². The summed E-state index contributed by atoms with van der Waals surface area (Å²) in [7, 11) is 68.3. The second-order valence-electron chi connectivity index (χ2n) is 23.2. The van der Waals surface area contributed by atoms with Gasteiger partial charge in [0.2, 0.25) is 0 Å². The van der Waals surface area contributed by atoms with E-state index < -0.39 is 10.0 Å². The molecule has 14 heteroatoms. The van der Waals surface area contributed by atoms with Crippen LogP contribution in [0.25, 0.3) is 121 Å². The number of fused-ring (bicyclic) bond motifs is 9. The van der Waals surface area contributed by atoms with Crippen molar-refractivity contribution in [3.05, 3.63) is 255 Å². The maximum Gasteiger partial charge on any atom is 0.143 e. The van der Waals surface area contributed by atoms with Crippen LogP contribution in [0.1, 0.15) is 0 Å². The number of furan rings is 1. The summed E-state index contributed by atoms with van der Waals surface area (Å²) < 4.78 is 11.3. The first kappa shape index (κ1) is 57.4. The molecule has 0 unspecified atom stereocenters. The van der Waals surface area contributed by atoms with Crippen LogP contribution < -0.4 is 54.6 Å². The summed E-state index contributed by atoms with van der Waals surface area (Å²) in [5.41, 5.74) is 13.7. The van der Waals surface area contributed by atoms with Gasteiger partial charge in [-0.15, -0.1) is 42.8 Å². The Hall–Kier alpha value is -9.74. The summed E-state index contributed by atoms with van der Waals surface area (Å²) in [4.78, 5) is 3.93. The third-order valence-corrected chi connectivity index (χ3v) is 22.3. The van der Waals surface area contributed by atoms with Gasteiger partial charge in [-0.2, -0.15) is 0 Å². The van der Waals surface area contributed by atoms with Gasteiger partial charge >= 0.3 is 0 Å². The molecule has 0 fully saturated rings. The molecule has 92 heavy (non-hydrogen) atoms. The third kappa shape index (κ3) is 8.52. The van der Waals surface area contributed by atoms with Crippen LogP contribution in [-0.4, -0.2) is 87.6 Å². The van der Waals surface area contributed by atoms with Crippen molar-refractivity contribution >= 4 is 209 Å². The smallest absolute Gasteiger partial charge is 0.143 e. The molecule has 3 nitrogen and oxygen atoms in total. The Labute approximate surface area is 548 Å². The topological polar surface area (TPSA) is 23.0 Å². The molecule has 0 aliphatic rings. The van der Waals surface area contributed by atoms with Crippen LogP contribution in [0.5, 0.6) is 0 Å². The van der Waals surface area contributed by atoms with E-state index in [1.54, 1.807) is 0 Å². The Bertz CT molecular complexity index is 5480. The highest BCUT2D eigenvalue weighted by molar-refractivity contribution is 8.34. The molecule has 0 aliphatic carbocycles. The Balaban J connectivity index is 1.04. The Morgan fingerprint density at radius 2 is 0.652 bits per heavy atom. The van der Waals surface area contributed by atoms with Crippen LogP contribution in [0.3, 0.4) is 0 Å². The molecule has 0 atom stereocenters. The van der Waals surface area contributed by atoms with Gasteiger partial charge in [0.25, 0.3) is 0 Å². The van der Waals surface area contributed by atoms with Crippen LogP contribution in [0.4, 0.5) is 0 Å². The van der Waals surface area contributed by atoms with Gasteiger partial charge in [-0.05, 0) is 107 Å². The monoisotopic (exact) mass is 1160 g/mol. The molecule has 20 radical (unpaired) electrons. The highest BCUT2D eigenvalue weighted by Crippen LogP contribution is 2.74. The van der Waals surface area contributed by atoms with E-state index in [0.717, 1.165) is 113 Å². The van der Waals surface area contributed by atoms with E-state index in [2.05, 4.69) is 221 Å². The van der Waals surface area contributed by atoms with Gasteiger partial charge in [0.1, 0.15) is 89.6 Å². The summed E-state index contributed by atoms with van der Waals surface area (Å²) in [5, 5.41) is 6.19. The van der Waals surface area contributed by atoms with Gasteiger partial charge < -0.3 is 13.6 Å². The fourth-order valence-corrected chi connectivity index (χ4v) is 18.1. The highest BCUT2D eigenvalue weighted by atomic mass is 32.3. The summed E-state index contributed by atoms with van der Waals surface area (Å²) in [6.45, 7) is 0. The second kappa shape index (κ2) is 22.3. The van der Waals surface area contributed by atoms with Crippen molar-refractivity contribution in [2.24, 2.45) is 0 Å². The Kier molecular flexibility index (Phi) is 13.9. The quantitative estimate of drug-likeness (QED) is 0.125. The molecule has 16 rings (SSSR count). The molecular formula is C78H42B10N2OS. The number of benzene rings is 13. The molecule has 0 saturated heterocycles. The number of rotatable bonds is 10. The Morgan fingerprint density at radius 1 is 0.261 bits per heavy atom. The van der Waals surface area contributed by atoms with E-state index in [1.807, 2.05) is 42.5 Å². The molecule has 0 bridgehead atoms. The molecular weight excluding hydrogens is 1120 g/mol. The lowest BCUT2D eigenvalue weighted by Crippen LogP contribution is -2.55. The van der Waals surface area contributed by atoms with Crippen LogP contribution in [0.15, 0.2) is 279 Å². The molecule has 3 aromatic heterocycles. The molecule has 0 saturated carbocycles. The SMILES string of the molecule is [B]c1c([B])c([B])c(-c2cc(S(c3ccccc3)(c3ccccc3)c3ccccc3)cc(-c3c([B])c([B])c([B])c([B])c3[B])c2-n2c3ccccc3c3cc(-n4c5ccccc5c5cccc(-c6ccccc6-c6cccc7c6oc6ccccc67)c54)ccc32)c([B])c1[B]. The van der Waals surface area contributed by atoms with E-state index in [4.69, 9.17) is 82.9 Å². The molecule has 0 amide bonds. The average Bonchev–Trinajstić information content (AvgIpc) is 1.15. The van der Waals surface area contributed by atoms with Crippen molar-refractivity contribution in [2.45, 2.75) is 19.6 Å². The first-order valence-corrected chi connectivity index (χ1v) is 31.8. The van der Waals surface area contributed by atoms with Crippen LogP contribution >= 0.6 is 10.0 Å². The van der Waals surface area contributed by atoms with Gasteiger partial charge in [0.05, 0.1) is 27.8 Å². The van der Waals surface area contributed by atoms with Crippen molar-refractivity contribution in [1.29, 1.82) is 0 Å². The number of hydrogen-bond acceptors (Lipinski definition) is 1. The highest BCUT2D eigenvalue weighted by Gasteiger charge is 2.37. The Morgan fingerprint density at radius 3 is 1.20 bits per heavy atom. The molecule has 3 heterocycles. The van der Waals surface area contributed by atoms with Crippen LogP contribution in [0, 0.1) is 0 Å². The van der Waals surface area contributed by atoms with Gasteiger partial charge in [-0.25, -0.2) is 0 Å². The number of hydrogen-bond donors (Lipinski definition) is 0. The number of aromatic nitrogens is 2. The van der Waals surface area contributed by atoms with Crippen molar-refractivity contribution in [1.82, 2.24) is 9.13 Å². The summed E-state index contributed by atoms with van der Waals surface area (Å²) >= 11 is 0. The number of para-hydroxylation sites is 5. The first-order valence-electron chi connectivity index (χ1n) is 30.1. The van der Waals surface area contributed by atoms with Crippen LogP contribution in [-0.2, 0) is 0 Å². The minimum atomic E-state index is -2.53. The van der Waals surface area contributed by atoms with Gasteiger partial charge in [-0.3, -0.25) is 0 Å². The lowest BCUT2D eigenvalue weighted by Gasteiger charge is -2.43. The summed E-state index contributed by atoms with van der Waals surface area (Å²) in [6.07, 6.45) is 0. The standard InChI is InChI=1S/C78H42B10N2OS/c79-66-64(67(80)71(84)74(87)70(66)83)58-41-47(92(44-20-4-1-5-21-44,45-22-6-2-7-23-45)46-24-8-3-9-25-46)42-59(65-68(81)72(85)75(88)73(86)69(65)82)77(58)90-61-36-16-13-29-51(61)57-40-43(38-39-62(57)90)89-60-35-15-12-28-50(60)54-32-18-31-53(76(54)89)48-26-10-11-27-49(48)55-33-19-34-56-52-30-14-17-37-63(52)91-78(55)56/h1-42H. The fraction of sp³-hybridized carbons (Fsp3) is 0. The van der Waals surface area contributed by atoms with E-state index in [0.29, 0.717) is 27.9 Å². The van der Waals surface area contributed by atoms with Crippen LogP contribution in [0.2, 0.25) is 0 Å².